The van der Waals surface area contributed by atoms with Gasteiger partial charge in [-0.3, -0.25) is 4.79 Å². The first-order valence-corrected chi connectivity index (χ1v) is 8.04. The third kappa shape index (κ3) is 5.30. The summed E-state index contributed by atoms with van der Waals surface area (Å²) >= 11 is 1.84. The van der Waals surface area contributed by atoms with E-state index >= 15 is 0 Å². The minimum atomic E-state index is -0.977. The SMILES string of the molecule is CSC1CCCC(NC(=O)N(CC(=O)O)C(C)C)C1. The van der Waals surface area contributed by atoms with Crippen LogP contribution < -0.4 is 5.32 Å². The van der Waals surface area contributed by atoms with Gasteiger partial charge in [-0.25, -0.2) is 4.79 Å². The van der Waals surface area contributed by atoms with Crippen LogP contribution in [0.4, 0.5) is 4.79 Å². The predicted octanol–water partition coefficient (Wildman–Crippen LogP) is 2.17. The fourth-order valence-electron chi connectivity index (χ4n) is 2.38. The average Bonchev–Trinajstić information content (AvgIpc) is 2.35. The van der Waals surface area contributed by atoms with Crippen LogP contribution >= 0.6 is 11.8 Å². The highest BCUT2D eigenvalue weighted by atomic mass is 32.2. The van der Waals surface area contributed by atoms with Gasteiger partial charge in [0.2, 0.25) is 0 Å². The van der Waals surface area contributed by atoms with Gasteiger partial charge in [-0.15, -0.1) is 0 Å². The second kappa shape index (κ2) is 7.62. The minimum Gasteiger partial charge on any atom is -0.480 e. The number of carboxylic acids is 1. The zero-order chi connectivity index (χ0) is 14.4. The van der Waals surface area contributed by atoms with Gasteiger partial charge >= 0.3 is 12.0 Å². The summed E-state index contributed by atoms with van der Waals surface area (Å²) in [6, 6.07) is -0.200. The summed E-state index contributed by atoms with van der Waals surface area (Å²) in [5, 5.41) is 12.4. The molecule has 0 aromatic heterocycles. The van der Waals surface area contributed by atoms with Gasteiger partial charge in [0.1, 0.15) is 6.54 Å². The smallest absolute Gasteiger partial charge is 0.323 e. The van der Waals surface area contributed by atoms with Crippen LogP contribution in [0.5, 0.6) is 0 Å². The number of hydrogen-bond acceptors (Lipinski definition) is 3. The number of nitrogens with one attached hydrogen (secondary N) is 1. The lowest BCUT2D eigenvalue weighted by Crippen LogP contribution is -2.50. The predicted molar refractivity (Wildman–Crippen MR) is 77.6 cm³/mol. The van der Waals surface area contributed by atoms with E-state index in [4.69, 9.17) is 5.11 Å². The number of carbonyl (C=O) groups is 2. The maximum Gasteiger partial charge on any atom is 0.323 e. The molecule has 2 unspecified atom stereocenters. The van der Waals surface area contributed by atoms with E-state index in [1.54, 1.807) is 0 Å². The molecule has 1 aliphatic rings. The molecule has 0 saturated heterocycles. The topological polar surface area (TPSA) is 69.6 Å². The van der Waals surface area contributed by atoms with Crippen LogP contribution in [0.15, 0.2) is 0 Å². The lowest BCUT2D eigenvalue weighted by atomic mass is 9.95. The first-order valence-electron chi connectivity index (χ1n) is 6.75. The maximum absolute atomic E-state index is 12.1. The van der Waals surface area contributed by atoms with Crippen LogP contribution in [0.3, 0.4) is 0 Å². The Hall–Kier alpha value is -0.910. The summed E-state index contributed by atoms with van der Waals surface area (Å²) in [7, 11) is 0. The number of hydrogen-bond donors (Lipinski definition) is 2. The average molecular weight is 288 g/mol. The largest absolute Gasteiger partial charge is 0.480 e. The van der Waals surface area contributed by atoms with Crippen molar-refractivity contribution in [3.63, 3.8) is 0 Å². The molecule has 110 valence electrons. The normalized spacial score (nSPS) is 23.2. The molecular formula is C13H24N2O3S. The Labute approximate surface area is 119 Å². The van der Waals surface area contributed by atoms with Crippen molar-refractivity contribution in [2.75, 3.05) is 12.8 Å². The van der Waals surface area contributed by atoms with Crippen LogP contribution in [0.25, 0.3) is 0 Å². The van der Waals surface area contributed by atoms with Gasteiger partial charge in [-0.05, 0) is 39.4 Å². The second-order valence-electron chi connectivity index (χ2n) is 5.29. The van der Waals surface area contributed by atoms with Crippen LogP contribution in [-0.2, 0) is 4.79 Å². The third-order valence-electron chi connectivity index (χ3n) is 3.48. The summed E-state index contributed by atoms with van der Waals surface area (Å²) in [6.45, 7) is 3.41. The first-order chi connectivity index (χ1) is 8.93. The highest BCUT2D eigenvalue weighted by Crippen LogP contribution is 2.27. The summed E-state index contributed by atoms with van der Waals surface area (Å²) in [4.78, 5) is 24.3. The van der Waals surface area contributed by atoms with Crippen LogP contribution in [0.1, 0.15) is 39.5 Å². The standard InChI is InChI=1S/C13H24N2O3S/c1-9(2)15(8-12(16)17)13(18)14-10-5-4-6-11(7-10)19-3/h9-11H,4-8H2,1-3H3,(H,14,18)(H,16,17). The van der Waals surface area contributed by atoms with E-state index in [2.05, 4.69) is 11.6 Å². The Balaban J connectivity index is 2.53. The van der Waals surface area contributed by atoms with E-state index in [9.17, 15) is 9.59 Å². The number of amides is 2. The highest BCUT2D eigenvalue weighted by Gasteiger charge is 2.26. The molecule has 1 fully saturated rings. The van der Waals surface area contributed by atoms with E-state index < -0.39 is 5.97 Å². The number of carbonyl (C=O) groups excluding carboxylic acids is 1. The fourth-order valence-corrected chi connectivity index (χ4v) is 3.21. The number of rotatable bonds is 5. The lowest BCUT2D eigenvalue weighted by Gasteiger charge is -2.32. The van der Waals surface area contributed by atoms with Crippen molar-refractivity contribution in [2.24, 2.45) is 0 Å². The summed E-state index contributed by atoms with van der Waals surface area (Å²) < 4.78 is 0. The van der Waals surface area contributed by atoms with E-state index in [1.807, 2.05) is 25.6 Å². The van der Waals surface area contributed by atoms with Crippen molar-refractivity contribution in [3.8, 4) is 0 Å². The molecule has 2 amide bonds. The molecule has 0 bridgehead atoms. The Morgan fingerprint density at radius 1 is 1.42 bits per heavy atom. The molecule has 5 nitrogen and oxygen atoms in total. The zero-order valence-electron chi connectivity index (χ0n) is 11.9. The minimum absolute atomic E-state index is 0.115. The Kier molecular flexibility index (Phi) is 6.48. The molecule has 2 N–H and O–H groups in total. The van der Waals surface area contributed by atoms with E-state index in [0.717, 1.165) is 19.3 Å². The second-order valence-corrected chi connectivity index (χ2v) is 6.42. The van der Waals surface area contributed by atoms with Crippen LogP contribution in [0, 0.1) is 0 Å². The van der Waals surface area contributed by atoms with Gasteiger partial charge in [0.05, 0.1) is 0 Å². The zero-order valence-corrected chi connectivity index (χ0v) is 12.7. The van der Waals surface area contributed by atoms with Crippen molar-refractivity contribution in [2.45, 2.75) is 56.9 Å². The monoisotopic (exact) mass is 288 g/mol. The van der Waals surface area contributed by atoms with Crippen molar-refractivity contribution in [1.82, 2.24) is 10.2 Å². The molecule has 0 heterocycles. The molecule has 1 saturated carbocycles. The van der Waals surface area contributed by atoms with Gasteiger partial charge in [0, 0.05) is 17.3 Å². The molecule has 0 radical (unpaired) electrons. The van der Waals surface area contributed by atoms with Crippen LogP contribution in [-0.4, -0.2) is 52.1 Å². The van der Waals surface area contributed by atoms with Crippen molar-refractivity contribution >= 4 is 23.8 Å². The molecule has 0 aliphatic heterocycles. The highest BCUT2D eigenvalue weighted by molar-refractivity contribution is 7.99. The third-order valence-corrected chi connectivity index (χ3v) is 4.57. The molecule has 1 aliphatic carbocycles. The molecule has 0 aromatic rings. The Morgan fingerprint density at radius 2 is 2.11 bits per heavy atom. The van der Waals surface area contributed by atoms with Crippen molar-refractivity contribution < 1.29 is 14.7 Å². The van der Waals surface area contributed by atoms with Gasteiger partial charge in [0.25, 0.3) is 0 Å². The molecule has 0 spiro atoms. The van der Waals surface area contributed by atoms with Crippen molar-refractivity contribution in [3.05, 3.63) is 0 Å². The van der Waals surface area contributed by atoms with Gasteiger partial charge < -0.3 is 15.3 Å². The summed E-state index contributed by atoms with van der Waals surface area (Å²) in [6.07, 6.45) is 6.39. The first kappa shape index (κ1) is 16.1. The maximum atomic E-state index is 12.1. The van der Waals surface area contributed by atoms with E-state index in [1.165, 1.54) is 11.3 Å². The van der Waals surface area contributed by atoms with Crippen LogP contribution in [0.2, 0.25) is 0 Å². The number of carboxylic acid groups (broad SMARTS) is 1. The van der Waals surface area contributed by atoms with E-state index in [-0.39, 0.29) is 24.7 Å². The molecule has 1 rings (SSSR count). The van der Waals surface area contributed by atoms with Gasteiger partial charge in [-0.1, -0.05) is 6.42 Å². The Bertz CT molecular complexity index is 323. The fraction of sp³-hybridized carbons (Fsp3) is 0.846. The molecule has 6 heteroatoms. The van der Waals surface area contributed by atoms with E-state index in [0.29, 0.717) is 5.25 Å². The lowest BCUT2D eigenvalue weighted by molar-refractivity contribution is -0.138. The quantitative estimate of drug-likeness (QED) is 0.813. The Morgan fingerprint density at radius 3 is 2.63 bits per heavy atom. The van der Waals surface area contributed by atoms with Crippen molar-refractivity contribution in [1.29, 1.82) is 0 Å². The molecule has 0 aromatic carbocycles. The summed E-state index contributed by atoms with van der Waals surface area (Å²) in [5.74, 6) is -0.977. The van der Waals surface area contributed by atoms with Gasteiger partial charge in [0.15, 0.2) is 0 Å². The molecular weight excluding hydrogens is 264 g/mol. The number of nitrogens with zero attached hydrogens (tertiary/aromatic N) is 1. The summed E-state index contributed by atoms with van der Waals surface area (Å²) in [5.41, 5.74) is 0. The molecule has 2 atom stereocenters. The molecule has 19 heavy (non-hydrogen) atoms. The number of urea groups is 1. The number of aliphatic carboxylic acids is 1. The van der Waals surface area contributed by atoms with Gasteiger partial charge in [-0.2, -0.15) is 11.8 Å². The number of thioether (sulfide) groups is 1.